The predicted octanol–water partition coefficient (Wildman–Crippen LogP) is 2.61. The van der Waals surface area contributed by atoms with Gasteiger partial charge in [-0.05, 0) is 19.3 Å². The summed E-state index contributed by atoms with van der Waals surface area (Å²) in [5.74, 6) is 2.63. The molecule has 0 aromatic carbocycles. The van der Waals surface area contributed by atoms with Crippen LogP contribution in [0.25, 0.3) is 0 Å². The van der Waals surface area contributed by atoms with Crippen LogP contribution in [0.2, 0.25) is 0 Å². The Hall–Kier alpha value is -1.59. The molecule has 1 aromatic rings. The fraction of sp³-hybridized carbons (Fsp3) is 0.824. The summed E-state index contributed by atoms with van der Waals surface area (Å²) in [5, 5.41) is 14.8. The van der Waals surface area contributed by atoms with E-state index in [1.54, 1.807) is 6.33 Å². The van der Waals surface area contributed by atoms with Crippen LogP contribution in [-0.2, 0) is 13.0 Å². The molecule has 0 saturated carbocycles. The van der Waals surface area contributed by atoms with Gasteiger partial charge in [0.1, 0.15) is 12.2 Å². The van der Waals surface area contributed by atoms with Crippen molar-refractivity contribution in [1.29, 1.82) is 0 Å². The average molecular weight is 323 g/mol. The summed E-state index contributed by atoms with van der Waals surface area (Å²) in [4.78, 5) is 4.75. The monoisotopic (exact) mass is 322 g/mol. The summed E-state index contributed by atoms with van der Waals surface area (Å²) in [6.07, 6.45) is 7.73. The molecule has 1 aromatic heterocycles. The second kappa shape index (κ2) is 11.9. The maximum Gasteiger partial charge on any atom is 0.191 e. The van der Waals surface area contributed by atoms with E-state index >= 15 is 0 Å². The first-order valence-electron chi connectivity index (χ1n) is 9.13. The van der Waals surface area contributed by atoms with Crippen LogP contribution in [0.15, 0.2) is 11.3 Å². The van der Waals surface area contributed by atoms with Crippen LogP contribution in [0.4, 0.5) is 0 Å². The number of aliphatic imine (C=N–C) groups is 1. The Balaban J connectivity index is 2.45. The third-order valence-corrected chi connectivity index (χ3v) is 4.05. The number of unbranched alkanes of at least 4 members (excludes halogenated alkanes) is 1. The molecule has 0 fully saturated rings. The smallest absolute Gasteiger partial charge is 0.191 e. The van der Waals surface area contributed by atoms with Gasteiger partial charge in [-0.3, -0.25) is 4.99 Å². The van der Waals surface area contributed by atoms with Crippen LogP contribution in [0.1, 0.15) is 59.2 Å². The van der Waals surface area contributed by atoms with E-state index in [-0.39, 0.29) is 0 Å². The van der Waals surface area contributed by atoms with Crippen molar-refractivity contribution in [2.75, 3.05) is 19.6 Å². The molecule has 1 atom stereocenters. The minimum absolute atomic E-state index is 0.690. The molecular formula is C17H34N6. The van der Waals surface area contributed by atoms with Crippen molar-refractivity contribution >= 4 is 5.96 Å². The molecule has 0 spiro atoms. The van der Waals surface area contributed by atoms with Crippen molar-refractivity contribution in [3.05, 3.63) is 12.2 Å². The van der Waals surface area contributed by atoms with Gasteiger partial charge in [-0.2, -0.15) is 0 Å². The minimum atomic E-state index is 0.690. The second-order valence-corrected chi connectivity index (χ2v) is 5.86. The van der Waals surface area contributed by atoms with Crippen LogP contribution in [-0.4, -0.2) is 40.4 Å². The molecule has 0 amide bonds. The van der Waals surface area contributed by atoms with Crippen LogP contribution >= 0.6 is 0 Å². The van der Waals surface area contributed by atoms with Gasteiger partial charge in [-0.15, -0.1) is 10.2 Å². The minimum Gasteiger partial charge on any atom is -0.357 e. The van der Waals surface area contributed by atoms with Gasteiger partial charge < -0.3 is 15.2 Å². The summed E-state index contributed by atoms with van der Waals surface area (Å²) in [7, 11) is 0. The van der Waals surface area contributed by atoms with Gasteiger partial charge in [0, 0.05) is 32.6 Å². The Morgan fingerprint density at radius 1 is 1.26 bits per heavy atom. The molecule has 1 heterocycles. The van der Waals surface area contributed by atoms with Crippen molar-refractivity contribution < 1.29 is 0 Å². The van der Waals surface area contributed by atoms with Gasteiger partial charge in [0.05, 0.1) is 0 Å². The number of nitrogens with zero attached hydrogens (tertiary/aromatic N) is 4. The lowest BCUT2D eigenvalue weighted by molar-refractivity contribution is 0.461. The number of rotatable bonds is 11. The maximum absolute atomic E-state index is 4.75. The SMILES string of the molecule is CCCCC(CC)CN=C(NCC)NCCn1cnnc1CC. The van der Waals surface area contributed by atoms with Gasteiger partial charge in [0.25, 0.3) is 0 Å². The van der Waals surface area contributed by atoms with E-state index in [1.807, 2.05) is 0 Å². The second-order valence-electron chi connectivity index (χ2n) is 5.86. The molecule has 0 aliphatic rings. The van der Waals surface area contributed by atoms with E-state index in [2.05, 4.69) is 53.1 Å². The highest BCUT2D eigenvalue weighted by Crippen LogP contribution is 2.12. The number of aromatic nitrogens is 3. The first-order chi connectivity index (χ1) is 11.2. The summed E-state index contributed by atoms with van der Waals surface area (Å²) in [6.45, 7) is 12.2. The highest BCUT2D eigenvalue weighted by molar-refractivity contribution is 5.79. The summed E-state index contributed by atoms with van der Waals surface area (Å²) in [5.41, 5.74) is 0. The molecule has 1 unspecified atom stereocenters. The van der Waals surface area contributed by atoms with Crippen LogP contribution in [0.5, 0.6) is 0 Å². The van der Waals surface area contributed by atoms with Crippen LogP contribution < -0.4 is 10.6 Å². The lowest BCUT2D eigenvalue weighted by Gasteiger charge is -2.15. The highest BCUT2D eigenvalue weighted by Gasteiger charge is 2.06. The quantitative estimate of drug-likeness (QED) is 0.485. The Kier molecular flexibility index (Phi) is 10.1. The molecule has 0 saturated heterocycles. The van der Waals surface area contributed by atoms with Crippen molar-refractivity contribution in [1.82, 2.24) is 25.4 Å². The molecule has 0 aliphatic carbocycles. The zero-order valence-electron chi connectivity index (χ0n) is 15.3. The van der Waals surface area contributed by atoms with Crippen LogP contribution in [0, 0.1) is 5.92 Å². The molecule has 2 N–H and O–H groups in total. The van der Waals surface area contributed by atoms with Crippen molar-refractivity contribution in [3.63, 3.8) is 0 Å². The fourth-order valence-electron chi connectivity index (χ4n) is 2.51. The number of hydrogen-bond acceptors (Lipinski definition) is 3. The lowest BCUT2D eigenvalue weighted by atomic mass is 10.00. The van der Waals surface area contributed by atoms with Gasteiger partial charge in [0.15, 0.2) is 5.96 Å². The molecule has 6 heteroatoms. The molecule has 23 heavy (non-hydrogen) atoms. The Morgan fingerprint density at radius 2 is 2.09 bits per heavy atom. The molecular weight excluding hydrogens is 288 g/mol. The standard InChI is InChI=1S/C17H34N6/c1-5-9-10-15(6-2)13-20-17(18-8-4)19-11-12-23-14-21-22-16(23)7-3/h14-15H,5-13H2,1-4H3,(H2,18,19,20). The molecule has 0 bridgehead atoms. The van der Waals surface area contributed by atoms with Gasteiger partial charge in [-0.25, -0.2) is 0 Å². The number of aryl methyl sites for hydroxylation is 1. The third-order valence-electron chi connectivity index (χ3n) is 4.05. The van der Waals surface area contributed by atoms with E-state index in [0.717, 1.165) is 44.4 Å². The summed E-state index contributed by atoms with van der Waals surface area (Å²) >= 11 is 0. The number of guanidine groups is 1. The normalized spacial score (nSPS) is 13.1. The fourth-order valence-corrected chi connectivity index (χ4v) is 2.51. The molecule has 1 rings (SSSR count). The largest absolute Gasteiger partial charge is 0.357 e. The number of nitrogens with one attached hydrogen (secondary N) is 2. The van der Waals surface area contributed by atoms with Gasteiger partial charge in [0.2, 0.25) is 0 Å². The van der Waals surface area contributed by atoms with Crippen molar-refractivity contribution in [2.24, 2.45) is 10.9 Å². The van der Waals surface area contributed by atoms with E-state index in [0.29, 0.717) is 5.92 Å². The molecule has 6 nitrogen and oxygen atoms in total. The van der Waals surface area contributed by atoms with Crippen molar-refractivity contribution in [2.45, 2.75) is 66.3 Å². The Labute approximate surface area is 141 Å². The summed E-state index contributed by atoms with van der Waals surface area (Å²) in [6, 6.07) is 0. The molecule has 132 valence electrons. The first kappa shape index (κ1) is 19.5. The van der Waals surface area contributed by atoms with E-state index in [1.165, 1.54) is 25.7 Å². The Bertz CT molecular complexity index is 440. The highest BCUT2D eigenvalue weighted by atomic mass is 15.3. The van der Waals surface area contributed by atoms with Crippen LogP contribution in [0.3, 0.4) is 0 Å². The Morgan fingerprint density at radius 3 is 2.74 bits per heavy atom. The predicted molar refractivity (Wildman–Crippen MR) is 96.7 cm³/mol. The first-order valence-corrected chi connectivity index (χ1v) is 9.13. The van der Waals surface area contributed by atoms with E-state index in [4.69, 9.17) is 4.99 Å². The topological polar surface area (TPSA) is 67.1 Å². The lowest BCUT2D eigenvalue weighted by Crippen LogP contribution is -2.39. The maximum atomic E-state index is 4.75. The van der Waals surface area contributed by atoms with Crippen molar-refractivity contribution in [3.8, 4) is 0 Å². The number of hydrogen-bond donors (Lipinski definition) is 2. The zero-order chi connectivity index (χ0) is 16.9. The van der Waals surface area contributed by atoms with Gasteiger partial charge in [-0.1, -0.05) is 40.0 Å². The molecule has 0 radical (unpaired) electrons. The van der Waals surface area contributed by atoms with Gasteiger partial charge >= 0.3 is 0 Å². The zero-order valence-corrected chi connectivity index (χ0v) is 15.3. The van der Waals surface area contributed by atoms with E-state index in [9.17, 15) is 0 Å². The van der Waals surface area contributed by atoms with E-state index < -0.39 is 0 Å². The molecule has 0 aliphatic heterocycles. The summed E-state index contributed by atoms with van der Waals surface area (Å²) < 4.78 is 2.09. The third kappa shape index (κ3) is 7.48. The average Bonchev–Trinajstić information content (AvgIpc) is 3.02.